The lowest BCUT2D eigenvalue weighted by Crippen LogP contribution is -2.40. The number of rotatable bonds is 4. The average molecular weight is 473 g/mol. The summed E-state index contributed by atoms with van der Waals surface area (Å²) < 4.78 is 4.15. The number of aromatic nitrogens is 5. The number of likely N-dealkylation sites (tertiary alicyclic amines) is 1. The van der Waals surface area contributed by atoms with Crippen molar-refractivity contribution in [2.75, 3.05) is 13.1 Å². The number of amides is 1. The van der Waals surface area contributed by atoms with Crippen LogP contribution >= 0.6 is 11.3 Å². The molecule has 1 atom stereocenters. The van der Waals surface area contributed by atoms with E-state index in [1.165, 1.54) is 19.3 Å². The smallest absolute Gasteiger partial charge is 0.257 e. The number of piperidine rings is 1. The molecule has 0 saturated carbocycles. The first kappa shape index (κ1) is 21.3. The monoisotopic (exact) mass is 472 g/mol. The SMILES string of the molecule is O=C(c1cn(-c2ccccc2)nc1-c1cccs1)N1CCC[C@H](c2nnc3n2CCCCC3)C1. The van der Waals surface area contributed by atoms with Crippen LogP contribution in [0, 0.1) is 0 Å². The molecule has 1 saturated heterocycles. The zero-order chi connectivity index (χ0) is 22.9. The Labute approximate surface area is 203 Å². The molecule has 0 aliphatic carbocycles. The summed E-state index contributed by atoms with van der Waals surface area (Å²) in [5.74, 6) is 2.45. The van der Waals surface area contributed by atoms with Gasteiger partial charge in [-0.3, -0.25) is 4.79 Å². The Balaban J connectivity index is 1.30. The third kappa shape index (κ3) is 3.96. The van der Waals surface area contributed by atoms with Gasteiger partial charge in [0, 0.05) is 38.2 Å². The number of benzene rings is 1. The van der Waals surface area contributed by atoms with Crippen LogP contribution in [0.4, 0.5) is 0 Å². The number of hydrogen-bond donors (Lipinski definition) is 0. The van der Waals surface area contributed by atoms with Crippen molar-refractivity contribution in [2.45, 2.75) is 51.0 Å². The van der Waals surface area contributed by atoms with Crippen LogP contribution in [0.2, 0.25) is 0 Å². The molecule has 6 rings (SSSR count). The van der Waals surface area contributed by atoms with E-state index in [0.717, 1.165) is 60.3 Å². The van der Waals surface area contributed by atoms with E-state index >= 15 is 0 Å². The van der Waals surface area contributed by atoms with E-state index in [4.69, 9.17) is 5.10 Å². The van der Waals surface area contributed by atoms with Crippen molar-refractivity contribution < 1.29 is 4.79 Å². The maximum Gasteiger partial charge on any atom is 0.257 e. The van der Waals surface area contributed by atoms with Crippen LogP contribution in [-0.4, -0.2) is 48.4 Å². The Morgan fingerprint density at radius 1 is 0.971 bits per heavy atom. The molecule has 8 heteroatoms. The number of fused-ring (bicyclic) bond motifs is 1. The van der Waals surface area contributed by atoms with Gasteiger partial charge in [0.25, 0.3) is 5.91 Å². The summed E-state index contributed by atoms with van der Waals surface area (Å²) in [4.78, 5) is 16.9. The maximum atomic E-state index is 13.9. The summed E-state index contributed by atoms with van der Waals surface area (Å²) in [5.41, 5.74) is 2.36. The molecule has 3 aromatic heterocycles. The van der Waals surface area contributed by atoms with E-state index in [0.29, 0.717) is 12.1 Å². The first-order valence-electron chi connectivity index (χ1n) is 12.2. The molecule has 1 aromatic carbocycles. The van der Waals surface area contributed by atoms with Gasteiger partial charge in [0.2, 0.25) is 0 Å². The fraction of sp³-hybridized carbons (Fsp3) is 0.385. The van der Waals surface area contributed by atoms with E-state index in [9.17, 15) is 4.79 Å². The molecule has 2 aliphatic rings. The minimum absolute atomic E-state index is 0.0471. The van der Waals surface area contributed by atoms with Gasteiger partial charge in [-0.25, -0.2) is 4.68 Å². The quantitative estimate of drug-likeness (QED) is 0.422. The second kappa shape index (κ2) is 9.18. The van der Waals surface area contributed by atoms with Crippen molar-refractivity contribution in [3.05, 3.63) is 71.3 Å². The first-order chi connectivity index (χ1) is 16.8. The van der Waals surface area contributed by atoms with E-state index in [1.54, 1.807) is 11.3 Å². The number of thiophene rings is 1. The van der Waals surface area contributed by atoms with Crippen molar-refractivity contribution in [1.82, 2.24) is 29.4 Å². The Kier molecular flexibility index (Phi) is 5.74. The molecule has 2 aliphatic heterocycles. The second-order valence-corrected chi connectivity index (χ2v) is 10.1. The molecule has 7 nitrogen and oxygen atoms in total. The summed E-state index contributed by atoms with van der Waals surface area (Å²) in [6.45, 7) is 2.43. The maximum absolute atomic E-state index is 13.9. The number of carbonyl (C=O) groups is 1. The number of para-hydroxylation sites is 1. The average Bonchev–Trinajstić information content (AvgIpc) is 3.62. The lowest BCUT2D eigenvalue weighted by molar-refractivity contribution is 0.0704. The predicted molar refractivity (Wildman–Crippen MR) is 132 cm³/mol. The van der Waals surface area contributed by atoms with Crippen LogP contribution in [0.25, 0.3) is 16.3 Å². The van der Waals surface area contributed by atoms with Gasteiger partial charge < -0.3 is 9.47 Å². The lowest BCUT2D eigenvalue weighted by atomic mass is 9.96. The van der Waals surface area contributed by atoms with Crippen molar-refractivity contribution in [1.29, 1.82) is 0 Å². The molecule has 5 heterocycles. The summed E-state index contributed by atoms with van der Waals surface area (Å²) >= 11 is 1.61. The van der Waals surface area contributed by atoms with Gasteiger partial charge in [-0.15, -0.1) is 21.5 Å². The molecular formula is C26H28N6OS. The van der Waals surface area contributed by atoms with Crippen LogP contribution in [0.5, 0.6) is 0 Å². The minimum atomic E-state index is 0.0471. The van der Waals surface area contributed by atoms with Gasteiger partial charge in [-0.2, -0.15) is 5.10 Å². The topological polar surface area (TPSA) is 68.8 Å². The number of nitrogens with zero attached hydrogens (tertiary/aromatic N) is 6. The molecule has 0 unspecified atom stereocenters. The third-order valence-electron chi connectivity index (χ3n) is 6.93. The van der Waals surface area contributed by atoms with E-state index in [2.05, 4.69) is 14.8 Å². The zero-order valence-corrected chi connectivity index (χ0v) is 20.0. The summed E-state index contributed by atoms with van der Waals surface area (Å²) in [5, 5.41) is 15.9. The minimum Gasteiger partial charge on any atom is -0.338 e. The van der Waals surface area contributed by atoms with Crippen LogP contribution in [-0.2, 0) is 13.0 Å². The fourth-order valence-electron chi connectivity index (χ4n) is 5.19. The van der Waals surface area contributed by atoms with Gasteiger partial charge in [-0.05, 0) is 49.3 Å². The molecule has 0 bridgehead atoms. The zero-order valence-electron chi connectivity index (χ0n) is 19.1. The molecule has 1 fully saturated rings. The molecule has 0 N–H and O–H groups in total. The Hall–Kier alpha value is -3.26. The van der Waals surface area contributed by atoms with E-state index < -0.39 is 0 Å². The van der Waals surface area contributed by atoms with Crippen LogP contribution in [0.1, 0.15) is 60.0 Å². The summed E-state index contributed by atoms with van der Waals surface area (Å²) in [6, 6.07) is 14.0. The highest BCUT2D eigenvalue weighted by Crippen LogP contribution is 2.32. The Morgan fingerprint density at radius 3 is 2.74 bits per heavy atom. The number of carbonyl (C=O) groups excluding carboxylic acids is 1. The summed E-state index contributed by atoms with van der Waals surface area (Å²) in [6.07, 6.45) is 8.52. The largest absolute Gasteiger partial charge is 0.338 e. The van der Waals surface area contributed by atoms with Crippen LogP contribution < -0.4 is 0 Å². The molecule has 4 aromatic rings. The van der Waals surface area contributed by atoms with Gasteiger partial charge in [0.15, 0.2) is 0 Å². The van der Waals surface area contributed by atoms with Crippen molar-refractivity contribution in [2.24, 2.45) is 0 Å². The van der Waals surface area contributed by atoms with E-state index in [1.807, 2.05) is 63.6 Å². The molecule has 0 spiro atoms. The second-order valence-electron chi connectivity index (χ2n) is 9.18. The van der Waals surface area contributed by atoms with Crippen molar-refractivity contribution in [3.63, 3.8) is 0 Å². The van der Waals surface area contributed by atoms with E-state index in [-0.39, 0.29) is 11.8 Å². The Bertz CT molecular complexity index is 1280. The number of hydrogen-bond acceptors (Lipinski definition) is 5. The molecule has 34 heavy (non-hydrogen) atoms. The highest BCUT2D eigenvalue weighted by atomic mass is 32.1. The van der Waals surface area contributed by atoms with Crippen LogP contribution in [0.3, 0.4) is 0 Å². The third-order valence-corrected chi connectivity index (χ3v) is 7.81. The lowest BCUT2D eigenvalue weighted by Gasteiger charge is -2.32. The molecule has 174 valence electrons. The predicted octanol–water partition coefficient (Wildman–Crippen LogP) is 4.94. The normalized spacial score (nSPS) is 18.5. The number of aryl methyl sites for hydroxylation is 1. The fourth-order valence-corrected chi connectivity index (χ4v) is 5.91. The van der Waals surface area contributed by atoms with Gasteiger partial charge in [0.1, 0.15) is 17.3 Å². The summed E-state index contributed by atoms with van der Waals surface area (Å²) in [7, 11) is 0. The van der Waals surface area contributed by atoms with Gasteiger partial charge >= 0.3 is 0 Å². The van der Waals surface area contributed by atoms with Crippen molar-refractivity contribution in [3.8, 4) is 16.3 Å². The highest BCUT2D eigenvalue weighted by Gasteiger charge is 2.32. The standard InChI is InChI=1S/C26H28N6OS/c33-26(21-18-32(20-10-3-1-4-11-20)29-24(21)22-12-8-16-34-22)30-14-7-9-19(17-30)25-28-27-23-13-5-2-6-15-31(23)25/h1,3-4,8,10-12,16,18-19H,2,5-7,9,13-15,17H2/t19-/m0/s1. The van der Waals surface area contributed by atoms with Gasteiger partial charge in [0.05, 0.1) is 16.1 Å². The highest BCUT2D eigenvalue weighted by molar-refractivity contribution is 7.13. The molecule has 0 radical (unpaired) electrons. The first-order valence-corrected chi connectivity index (χ1v) is 13.1. The van der Waals surface area contributed by atoms with Crippen LogP contribution in [0.15, 0.2) is 54.0 Å². The molecular weight excluding hydrogens is 444 g/mol. The molecule has 1 amide bonds. The van der Waals surface area contributed by atoms with Crippen molar-refractivity contribution >= 4 is 17.2 Å². The van der Waals surface area contributed by atoms with Gasteiger partial charge in [-0.1, -0.05) is 30.7 Å². The Morgan fingerprint density at radius 2 is 1.88 bits per heavy atom.